The van der Waals surface area contributed by atoms with Crippen molar-refractivity contribution in [2.45, 2.75) is 24.5 Å². The zero-order valence-corrected chi connectivity index (χ0v) is 18.1. The molecule has 4 rings (SSSR count). The van der Waals surface area contributed by atoms with Gasteiger partial charge in [-0.3, -0.25) is 14.3 Å². The van der Waals surface area contributed by atoms with Crippen LogP contribution in [-0.2, 0) is 6.54 Å². The fraction of sp³-hybridized carbons (Fsp3) is 0.316. The van der Waals surface area contributed by atoms with Crippen molar-refractivity contribution in [1.82, 2.24) is 19.7 Å². The maximum atomic E-state index is 12.6. The van der Waals surface area contributed by atoms with Crippen molar-refractivity contribution >= 4 is 52.1 Å². The molecule has 5 nitrogen and oxygen atoms in total. The van der Waals surface area contributed by atoms with Crippen molar-refractivity contribution in [2.75, 3.05) is 18.8 Å². The number of likely N-dealkylation sites (tertiary alicyclic amines) is 1. The molecule has 1 aliphatic rings. The Balaban J connectivity index is 1.56. The fourth-order valence-electron chi connectivity index (χ4n) is 3.21. The Labute approximate surface area is 181 Å². The number of halogens is 2. The van der Waals surface area contributed by atoms with E-state index in [2.05, 4.69) is 15.1 Å². The molecule has 0 saturated carbocycles. The third-order valence-electron chi connectivity index (χ3n) is 4.57. The van der Waals surface area contributed by atoms with Crippen LogP contribution < -0.4 is 0 Å². The monoisotopic (exact) mass is 452 g/mol. The van der Waals surface area contributed by atoms with E-state index in [1.165, 1.54) is 35.9 Å². The topological polar surface area (TPSA) is 51.0 Å². The van der Waals surface area contributed by atoms with Crippen LogP contribution in [0.15, 0.2) is 41.6 Å². The van der Waals surface area contributed by atoms with E-state index in [1.807, 2.05) is 34.9 Å². The molecule has 0 N–H and O–H groups in total. The smallest absolute Gasteiger partial charge is 0.196 e. The van der Waals surface area contributed by atoms with E-state index in [-0.39, 0.29) is 11.5 Å². The molecule has 0 spiro atoms. The summed E-state index contributed by atoms with van der Waals surface area (Å²) in [5, 5.41) is 9.49. The quantitative estimate of drug-likeness (QED) is 0.363. The number of para-hydroxylation sites is 1. The van der Waals surface area contributed by atoms with Crippen molar-refractivity contribution in [3.8, 4) is 5.69 Å². The predicted molar refractivity (Wildman–Crippen MR) is 115 cm³/mol. The van der Waals surface area contributed by atoms with E-state index in [0.717, 1.165) is 31.1 Å². The molecule has 0 unspecified atom stereocenters. The molecule has 1 aromatic carbocycles. The van der Waals surface area contributed by atoms with E-state index in [1.54, 1.807) is 6.07 Å². The number of rotatable bonds is 7. The lowest BCUT2D eigenvalue weighted by molar-refractivity contribution is 0.102. The summed E-state index contributed by atoms with van der Waals surface area (Å²) in [6.45, 7) is 2.92. The van der Waals surface area contributed by atoms with Gasteiger partial charge in [-0.2, -0.15) is 0 Å². The van der Waals surface area contributed by atoms with Gasteiger partial charge in [-0.15, -0.1) is 21.5 Å². The fourth-order valence-corrected chi connectivity index (χ4v) is 5.56. The van der Waals surface area contributed by atoms with Gasteiger partial charge in [0.2, 0.25) is 0 Å². The van der Waals surface area contributed by atoms with Crippen molar-refractivity contribution in [3.05, 3.63) is 56.5 Å². The number of hydrogen-bond donors (Lipinski definition) is 0. The molecule has 9 heteroatoms. The molecule has 0 aliphatic carbocycles. The van der Waals surface area contributed by atoms with E-state index in [4.69, 9.17) is 23.2 Å². The molecule has 3 aromatic rings. The Kier molecular flexibility index (Phi) is 6.38. The lowest BCUT2D eigenvalue weighted by Gasteiger charge is -2.15. The first-order valence-corrected chi connectivity index (χ1v) is 11.5. The minimum Gasteiger partial charge on any atom is -0.296 e. The maximum Gasteiger partial charge on any atom is 0.196 e. The summed E-state index contributed by atoms with van der Waals surface area (Å²) in [4.78, 5) is 14.9. The van der Waals surface area contributed by atoms with Gasteiger partial charge in [0.25, 0.3) is 0 Å². The summed E-state index contributed by atoms with van der Waals surface area (Å²) < 4.78 is 2.98. The van der Waals surface area contributed by atoms with Gasteiger partial charge in [0, 0.05) is 11.3 Å². The lowest BCUT2D eigenvalue weighted by Crippen LogP contribution is -2.21. The second-order valence-corrected chi connectivity index (χ2v) is 9.73. The number of carbonyl (C=O) groups excluding carboxylic acids is 1. The van der Waals surface area contributed by atoms with Crippen LogP contribution in [0.4, 0.5) is 0 Å². The first kappa shape index (κ1) is 19.9. The normalized spacial score (nSPS) is 14.6. The van der Waals surface area contributed by atoms with Crippen LogP contribution in [0.1, 0.15) is 29.0 Å². The number of thiophene rings is 1. The van der Waals surface area contributed by atoms with Gasteiger partial charge in [-0.25, -0.2) is 0 Å². The summed E-state index contributed by atoms with van der Waals surface area (Å²) >= 11 is 14.6. The average molecular weight is 453 g/mol. The maximum absolute atomic E-state index is 12.6. The molecule has 146 valence electrons. The van der Waals surface area contributed by atoms with Crippen LogP contribution in [0.5, 0.6) is 0 Å². The first-order chi connectivity index (χ1) is 13.6. The number of thioether (sulfide) groups is 1. The molecular formula is C19H18Cl2N4OS2. The number of benzene rings is 1. The summed E-state index contributed by atoms with van der Waals surface area (Å²) in [5.74, 6) is 1.04. The van der Waals surface area contributed by atoms with E-state index >= 15 is 0 Å². The standard InChI is InChI=1S/C19H18Cl2N4OS2/c20-16-10-14(18(21)28-16)15(26)12-27-19-23-22-17(11-24-8-4-5-9-24)25(19)13-6-2-1-3-7-13/h1-3,6-7,10H,4-5,8-9,11-12H2. The van der Waals surface area contributed by atoms with Crippen LogP contribution in [0.25, 0.3) is 5.69 Å². The van der Waals surface area contributed by atoms with Crippen LogP contribution in [0.3, 0.4) is 0 Å². The zero-order valence-electron chi connectivity index (χ0n) is 15.0. The number of Topliss-reactive ketones (excluding diaryl/α,β-unsaturated/α-hetero) is 1. The molecule has 1 aliphatic heterocycles. The Morgan fingerprint density at radius 2 is 1.89 bits per heavy atom. The predicted octanol–water partition coefficient (Wildman–Crippen LogP) is 5.21. The molecule has 0 radical (unpaired) electrons. The Bertz CT molecular complexity index is 968. The molecule has 0 amide bonds. The second kappa shape index (κ2) is 8.97. The third kappa shape index (κ3) is 4.44. The highest BCUT2D eigenvalue weighted by molar-refractivity contribution is 7.99. The summed E-state index contributed by atoms with van der Waals surface area (Å²) in [6.07, 6.45) is 2.44. The molecule has 1 fully saturated rings. The van der Waals surface area contributed by atoms with Gasteiger partial charge >= 0.3 is 0 Å². The van der Waals surface area contributed by atoms with Gasteiger partial charge in [0.15, 0.2) is 16.8 Å². The van der Waals surface area contributed by atoms with Gasteiger partial charge in [0.1, 0.15) is 4.34 Å². The molecule has 0 atom stereocenters. The van der Waals surface area contributed by atoms with E-state index in [9.17, 15) is 4.79 Å². The number of nitrogens with zero attached hydrogens (tertiary/aromatic N) is 4. The SMILES string of the molecule is O=C(CSc1nnc(CN2CCCC2)n1-c1ccccc1)c1cc(Cl)sc1Cl. The molecule has 2 aromatic heterocycles. The highest BCUT2D eigenvalue weighted by Crippen LogP contribution is 2.33. The van der Waals surface area contributed by atoms with Crippen molar-refractivity contribution in [1.29, 1.82) is 0 Å². The molecule has 1 saturated heterocycles. The number of carbonyl (C=O) groups is 1. The van der Waals surface area contributed by atoms with Crippen LogP contribution in [0, 0.1) is 0 Å². The molecule has 28 heavy (non-hydrogen) atoms. The third-order valence-corrected chi connectivity index (χ3v) is 6.98. The van der Waals surface area contributed by atoms with Crippen molar-refractivity contribution in [2.24, 2.45) is 0 Å². The number of hydrogen-bond acceptors (Lipinski definition) is 6. The summed E-state index contributed by atoms with van der Waals surface area (Å²) in [6, 6.07) is 11.6. The van der Waals surface area contributed by atoms with Gasteiger partial charge in [0.05, 0.1) is 16.6 Å². The number of ketones is 1. The van der Waals surface area contributed by atoms with Crippen LogP contribution in [-0.4, -0.2) is 44.3 Å². The largest absolute Gasteiger partial charge is 0.296 e. The highest BCUT2D eigenvalue weighted by atomic mass is 35.5. The Hall–Kier alpha value is -1.38. The Morgan fingerprint density at radius 3 is 2.57 bits per heavy atom. The van der Waals surface area contributed by atoms with E-state index in [0.29, 0.717) is 19.4 Å². The lowest BCUT2D eigenvalue weighted by atomic mass is 10.2. The van der Waals surface area contributed by atoms with Gasteiger partial charge < -0.3 is 0 Å². The van der Waals surface area contributed by atoms with Crippen molar-refractivity contribution in [3.63, 3.8) is 0 Å². The minimum atomic E-state index is -0.0677. The average Bonchev–Trinajstić information content (AvgIpc) is 3.42. The van der Waals surface area contributed by atoms with Gasteiger partial charge in [-0.1, -0.05) is 53.2 Å². The number of aromatic nitrogens is 3. The van der Waals surface area contributed by atoms with Crippen LogP contribution >= 0.6 is 46.3 Å². The molecule has 0 bridgehead atoms. The minimum absolute atomic E-state index is 0.0677. The van der Waals surface area contributed by atoms with Gasteiger partial charge in [-0.05, 0) is 44.1 Å². The van der Waals surface area contributed by atoms with Crippen LogP contribution in [0.2, 0.25) is 8.67 Å². The molecule has 3 heterocycles. The summed E-state index contributed by atoms with van der Waals surface area (Å²) in [7, 11) is 0. The summed E-state index contributed by atoms with van der Waals surface area (Å²) in [5.41, 5.74) is 1.46. The Morgan fingerprint density at radius 1 is 1.14 bits per heavy atom. The zero-order chi connectivity index (χ0) is 19.5. The molecular weight excluding hydrogens is 435 g/mol. The van der Waals surface area contributed by atoms with Crippen molar-refractivity contribution < 1.29 is 4.79 Å². The first-order valence-electron chi connectivity index (χ1n) is 8.94. The van der Waals surface area contributed by atoms with E-state index < -0.39 is 0 Å². The second-order valence-electron chi connectivity index (χ2n) is 6.50. The highest BCUT2D eigenvalue weighted by Gasteiger charge is 2.21.